The molecule has 6 aromatic rings. The lowest BCUT2D eigenvalue weighted by molar-refractivity contribution is 0.0670. The number of rotatable bonds is 18. The topological polar surface area (TPSA) is 204 Å². The van der Waals surface area contributed by atoms with Gasteiger partial charge in [-0.25, -0.2) is 0 Å². The highest BCUT2D eigenvalue weighted by Gasteiger charge is 2.40. The third-order valence-electron chi connectivity index (χ3n) is 20.6. The Morgan fingerprint density at radius 1 is 0.337 bits per heavy atom. The Morgan fingerprint density at radius 2 is 0.634 bits per heavy atom. The molecular weight excluding hydrogens is 1260 g/mol. The number of fused-ring (bicyclic) bond motifs is 6. The Bertz CT molecular complexity index is 3950. The molecule has 12 rings (SSSR count). The second kappa shape index (κ2) is 37.8. The molecule has 101 heavy (non-hydrogen) atoms. The largest absolute Gasteiger partial charge is 0.392 e. The summed E-state index contributed by atoms with van der Waals surface area (Å²) in [4.78, 5) is 72.7. The van der Waals surface area contributed by atoms with E-state index in [-0.39, 0.29) is 83.7 Å². The summed E-state index contributed by atoms with van der Waals surface area (Å²) in [6, 6.07) is 36.8. The highest BCUT2D eigenvalue weighted by Crippen LogP contribution is 2.38. The van der Waals surface area contributed by atoms with Crippen molar-refractivity contribution in [2.24, 2.45) is 41.4 Å². The van der Waals surface area contributed by atoms with Gasteiger partial charge in [0.05, 0.1) is 60.1 Å². The average molecular weight is 1350 g/mol. The second-order valence-electron chi connectivity index (χ2n) is 27.7. The lowest BCUT2D eigenvalue weighted by Crippen LogP contribution is -2.25. The van der Waals surface area contributed by atoms with E-state index in [0.29, 0.717) is 69.5 Å². The number of benzene rings is 6. The molecule has 0 saturated carbocycles. The van der Waals surface area contributed by atoms with Crippen LogP contribution in [0, 0.1) is 150 Å². The van der Waals surface area contributed by atoms with Gasteiger partial charge in [0.25, 0.3) is 0 Å². The minimum atomic E-state index is -0.718. The van der Waals surface area contributed by atoms with Crippen molar-refractivity contribution in [3.63, 3.8) is 0 Å². The summed E-state index contributed by atoms with van der Waals surface area (Å²) in [7, 11) is 0. The SMILES string of the molecule is C#CCC(O)C1Cc2c(C)cccc2C1=O.C#CCC(O)C1Cc2c(C)cccc2C1=O.C#CCC(O)C1Cc2c(C)cccc2C1=O.C#CCCCC(C)C1Cc2ccccc2C1=O.C#CCCCC(O)C1Cc2cc(C)ccc2C1=O.C#CCCCC(O)C1Cc2cc(C)ccc2C1=O. The quantitative estimate of drug-likeness (QED) is 0.0405. The van der Waals surface area contributed by atoms with Crippen molar-refractivity contribution in [1.82, 2.24) is 0 Å². The number of aliphatic hydroxyl groups is 5. The Morgan fingerprint density at radius 3 is 0.970 bits per heavy atom. The number of carbonyl (C=O) groups excluding carboxylic acids is 6. The maximum absolute atomic E-state index is 12.2. The first kappa shape index (κ1) is 78.8. The molecular formula is C90H96O11. The molecule has 6 aliphatic carbocycles. The lowest BCUT2D eigenvalue weighted by atomic mass is 9.86. The van der Waals surface area contributed by atoms with Crippen LogP contribution in [0.2, 0.25) is 0 Å². The number of aryl methyl sites for hydroxylation is 5. The van der Waals surface area contributed by atoms with Gasteiger partial charge in [-0.2, -0.15) is 0 Å². The molecule has 11 heteroatoms. The van der Waals surface area contributed by atoms with Crippen molar-refractivity contribution in [2.45, 2.75) is 188 Å². The smallest absolute Gasteiger partial charge is 0.169 e. The monoisotopic (exact) mass is 1350 g/mol. The van der Waals surface area contributed by atoms with Crippen LogP contribution in [-0.2, 0) is 38.5 Å². The van der Waals surface area contributed by atoms with Gasteiger partial charge in [0, 0.05) is 77.8 Å². The van der Waals surface area contributed by atoms with E-state index >= 15 is 0 Å². The molecule has 0 bridgehead atoms. The van der Waals surface area contributed by atoms with Gasteiger partial charge in [-0.3, -0.25) is 28.8 Å². The number of hydrogen-bond donors (Lipinski definition) is 5. The van der Waals surface area contributed by atoms with Gasteiger partial charge in [0.15, 0.2) is 34.7 Å². The second-order valence-corrected chi connectivity index (χ2v) is 27.7. The Balaban J connectivity index is 0.000000170. The van der Waals surface area contributed by atoms with Crippen LogP contribution in [0.3, 0.4) is 0 Å². The molecule has 522 valence electrons. The molecule has 11 nitrogen and oxygen atoms in total. The summed E-state index contributed by atoms with van der Waals surface area (Å²) in [5, 5.41) is 49.7. The first-order valence-corrected chi connectivity index (χ1v) is 35.2. The number of unbranched alkanes of at least 4 members (excludes halogenated alkanes) is 3. The normalized spacial score (nSPS) is 19.9. The summed E-state index contributed by atoms with van der Waals surface area (Å²) < 4.78 is 0. The van der Waals surface area contributed by atoms with Crippen molar-refractivity contribution < 1.29 is 54.3 Å². The molecule has 0 heterocycles. The third kappa shape index (κ3) is 19.7. The lowest BCUT2D eigenvalue weighted by Gasteiger charge is -2.16. The number of hydrogen-bond acceptors (Lipinski definition) is 11. The minimum Gasteiger partial charge on any atom is -0.392 e. The van der Waals surface area contributed by atoms with Gasteiger partial charge in [-0.15, -0.1) is 74.1 Å². The molecule has 0 amide bonds. The highest BCUT2D eigenvalue weighted by molar-refractivity contribution is 6.06. The van der Waals surface area contributed by atoms with Crippen molar-refractivity contribution in [3.05, 3.63) is 210 Å². The maximum atomic E-state index is 12.2. The van der Waals surface area contributed by atoms with Crippen LogP contribution in [0.4, 0.5) is 0 Å². The van der Waals surface area contributed by atoms with Crippen LogP contribution >= 0.6 is 0 Å². The van der Waals surface area contributed by atoms with Crippen LogP contribution in [0.1, 0.15) is 207 Å². The van der Waals surface area contributed by atoms with Crippen LogP contribution in [-0.4, -0.2) is 90.8 Å². The van der Waals surface area contributed by atoms with E-state index in [4.69, 9.17) is 38.5 Å². The molecule has 12 atom stereocenters. The van der Waals surface area contributed by atoms with Gasteiger partial charge in [-0.05, 0) is 168 Å². The van der Waals surface area contributed by atoms with Crippen molar-refractivity contribution >= 4 is 34.7 Å². The summed E-state index contributed by atoms with van der Waals surface area (Å²) in [6.07, 6.45) is 39.5. The number of carbonyl (C=O) groups is 6. The maximum Gasteiger partial charge on any atom is 0.169 e. The van der Waals surface area contributed by atoms with E-state index < -0.39 is 30.5 Å². The van der Waals surface area contributed by atoms with E-state index in [0.717, 1.165) is 128 Å². The number of aliphatic hydroxyl groups excluding tert-OH is 5. The fourth-order valence-electron chi connectivity index (χ4n) is 14.7. The van der Waals surface area contributed by atoms with E-state index in [2.05, 4.69) is 48.5 Å². The van der Waals surface area contributed by atoms with Gasteiger partial charge in [-0.1, -0.05) is 133 Å². The van der Waals surface area contributed by atoms with Crippen molar-refractivity contribution in [3.8, 4) is 74.1 Å². The van der Waals surface area contributed by atoms with Crippen molar-refractivity contribution in [2.75, 3.05) is 0 Å². The fourth-order valence-corrected chi connectivity index (χ4v) is 14.7. The number of Topliss-reactive ketones (excluding diaryl/α,β-unsaturated/α-hetero) is 6. The summed E-state index contributed by atoms with van der Waals surface area (Å²) in [6.45, 7) is 12.2. The standard InChI is InChI=1S/2C16H18O2.C16H18O.3C14H14O2/c2*1-3-4-5-6-15(17)14-10-12-9-11(2)7-8-13(12)16(14)18;1-3-4-5-8-12(2)15-11-13-9-6-7-10-14(13)16(15)17;3*1-3-5-13(15)12-8-11-9(2)6-4-7-10(11)14(12)16/h2*1,7-9,14-15,17H,4-6,10H2,2H3;1,6-7,9-10,12,15H,4-5,8,11H2,2H3;3*1,4,6-7,12-13,15H,5,8H2,2H3. The molecule has 0 radical (unpaired) electrons. The molecule has 0 aromatic heterocycles. The molecule has 0 saturated heterocycles. The van der Waals surface area contributed by atoms with E-state index in [1.807, 2.05) is 144 Å². The summed E-state index contributed by atoms with van der Waals surface area (Å²) in [5.74, 6) is 14.5. The molecule has 6 aromatic carbocycles. The van der Waals surface area contributed by atoms with Gasteiger partial charge in [0.2, 0.25) is 0 Å². The van der Waals surface area contributed by atoms with E-state index in [1.165, 1.54) is 5.56 Å². The predicted molar refractivity (Wildman–Crippen MR) is 399 cm³/mol. The summed E-state index contributed by atoms with van der Waals surface area (Å²) >= 11 is 0. The molecule has 0 aliphatic heterocycles. The highest BCUT2D eigenvalue weighted by atomic mass is 16.3. The predicted octanol–water partition coefficient (Wildman–Crippen LogP) is 13.7. The Hall–Kier alpha value is -9.50. The molecule has 12 unspecified atom stereocenters. The van der Waals surface area contributed by atoms with Gasteiger partial charge >= 0.3 is 0 Å². The first-order chi connectivity index (χ1) is 48.4. The zero-order chi connectivity index (χ0) is 73.6. The summed E-state index contributed by atoms with van der Waals surface area (Å²) in [5.41, 5.74) is 16.9. The van der Waals surface area contributed by atoms with E-state index in [9.17, 15) is 54.3 Å². The molecule has 6 aliphatic rings. The van der Waals surface area contributed by atoms with Gasteiger partial charge < -0.3 is 25.5 Å². The van der Waals surface area contributed by atoms with Gasteiger partial charge in [0.1, 0.15) is 0 Å². The van der Waals surface area contributed by atoms with Crippen molar-refractivity contribution in [1.29, 1.82) is 0 Å². The molecule has 0 fully saturated rings. The van der Waals surface area contributed by atoms with Crippen LogP contribution < -0.4 is 0 Å². The van der Waals surface area contributed by atoms with Crippen LogP contribution in [0.25, 0.3) is 0 Å². The van der Waals surface area contributed by atoms with Crippen LogP contribution in [0.5, 0.6) is 0 Å². The molecule has 5 N–H and O–H groups in total. The fraction of sp³-hybridized carbons (Fsp3) is 0.400. The minimum absolute atomic E-state index is 0.0291. The Labute approximate surface area is 598 Å². The first-order valence-electron chi connectivity index (χ1n) is 35.2. The average Bonchev–Trinajstić information content (AvgIpc) is 1.99. The Kier molecular flexibility index (Phi) is 29.5. The third-order valence-corrected chi connectivity index (χ3v) is 20.6. The molecule has 0 spiro atoms. The van der Waals surface area contributed by atoms with E-state index in [1.54, 1.807) is 0 Å². The number of ketones is 6. The number of terminal acetylenes is 6. The zero-order valence-electron chi connectivity index (χ0n) is 59.3. The zero-order valence-corrected chi connectivity index (χ0v) is 59.3. The van der Waals surface area contributed by atoms with Crippen LogP contribution in [0.15, 0.2) is 115 Å².